The first-order valence-electron chi connectivity index (χ1n) is 13.1. The fourth-order valence-corrected chi connectivity index (χ4v) is 5.71. The number of anilines is 2. The van der Waals surface area contributed by atoms with E-state index in [0.717, 1.165) is 28.9 Å². The first-order chi connectivity index (χ1) is 18.0. The van der Waals surface area contributed by atoms with Crippen LogP contribution < -0.4 is 16.0 Å². The van der Waals surface area contributed by atoms with Gasteiger partial charge < -0.3 is 11.1 Å². The van der Waals surface area contributed by atoms with E-state index in [1.54, 1.807) is 0 Å². The molecule has 1 saturated carbocycles. The number of nitrogens with zero attached hydrogens (tertiary/aromatic N) is 2. The second kappa shape index (κ2) is 10.6. The van der Waals surface area contributed by atoms with Gasteiger partial charge in [0.15, 0.2) is 0 Å². The fraction of sp³-hybridized carbons (Fsp3) is 0.448. The van der Waals surface area contributed by atoms with Gasteiger partial charge in [0.2, 0.25) is 11.8 Å². The molecule has 38 heavy (non-hydrogen) atoms. The van der Waals surface area contributed by atoms with Crippen LogP contribution in [0.2, 0.25) is 0 Å². The van der Waals surface area contributed by atoms with Crippen molar-refractivity contribution in [1.29, 1.82) is 0 Å². The van der Waals surface area contributed by atoms with E-state index in [4.69, 9.17) is 5.73 Å². The molecule has 1 saturated heterocycles. The Bertz CT molecular complexity index is 1230. The molecule has 2 aliphatic rings. The summed E-state index contributed by atoms with van der Waals surface area (Å²) in [6, 6.07) is 8.96. The second-order valence-corrected chi connectivity index (χ2v) is 10.8. The number of benzene rings is 2. The van der Waals surface area contributed by atoms with E-state index in [1.807, 2.05) is 45.9 Å². The Balaban J connectivity index is 1.77. The van der Waals surface area contributed by atoms with Crippen LogP contribution in [0.3, 0.4) is 0 Å². The zero-order chi connectivity index (χ0) is 27.8. The highest BCUT2D eigenvalue weighted by Crippen LogP contribution is 2.45. The molecule has 1 spiro atoms. The molecule has 4 rings (SSSR count). The molecule has 5 amide bonds. The summed E-state index contributed by atoms with van der Waals surface area (Å²) in [6.45, 7) is 8.03. The summed E-state index contributed by atoms with van der Waals surface area (Å²) in [5.41, 5.74) is 7.12. The highest BCUT2D eigenvalue weighted by Gasteiger charge is 2.61. The van der Waals surface area contributed by atoms with Crippen molar-refractivity contribution in [1.82, 2.24) is 4.90 Å². The minimum atomic E-state index is -1.43. The Morgan fingerprint density at radius 1 is 0.974 bits per heavy atom. The molecule has 0 aromatic heterocycles. The van der Waals surface area contributed by atoms with Crippen molar-refractivity contribution >= 4 is 35.1 Å². The number of nitrogens with one attached hydrogen (secondary N) is 1. The summed E-state index contributed by atoms with van der Waals surface area (Å²) >= 11 is 0. The first kappa shape index (κ1) is 27.3. The highest BCUT2D eigenvalue weighted by molar-refractivity contribution is 6.19. The maximum absolute atomic E-state index is 14.0. The van der Waals surface area contributed by atoms with Crippen molar-refractivity contribution in [2.75, 3.05) is 10.2 Å². The van der Waals surface area contributed by atoms with E-state index in [9.17, 15) is 23.6 Å². The monoisotopic (exact) mass is 522 g/mol. The molecule has 2 aromatic rings. The summed E-state index contributed by atoms with van der Waals surface area (Å²) in [7, 11) is 0. The van der Waals surface area contributed by atoms with Gasteiger partial charge in [-0.1, -0.05) is 58.7 Å². The molecule has 2 fully saturated rings. The van der Waals surface area contributed by atoms with Crippen LogP contribution in [0.1, 0.15) is 82.8 Å². The van der Waals surface area contributed by atoms with E-state index in [1.165, 1.54) is 29.2 Å². The molecule has 0 radical (unpaired) electrons. The molecule has 3 N–H and O–H groups in total. The molecule has 8 nitrogen and oxygen atoms in total. The summed E-state index contributed by atoms with van der Waals surface area (Å²) in [6.07, 6.45) is 1.74. The summed E-state index contributed by atoms with van der Waals surface area (Å²) in [5.74, 6) is -2.30. The van der Waals surface area contributed by atoms with Gasteiger partial charge in [-0.3, -0.25) is 19.3 Å². The molecular weight excluding hydrogens is 487 g/mol. The van der Waals surface area contributed by atoms with Crippen LogP contribution in [0.15, 0.2) is 42.5 Å². The predicted octanol–water partition coefficient (Wildman–Crippen LogP) is 5.04. The van der Waals surface area contributed by atoms with Crippen LogP contribution in [0.25, 0.3) is 0 Å². The number of urea groups is 1. The number of rotatable bonds is 8. The Morgan fingerprint density at radius 2 is 1.53 bits per heavy atom. The number of amides is 5. The van der Waals surface area contributed by atoms with E-state index in [0.29, 0.717) is 24.2 Å². The third kappa shape index (κ3) is 4.77. The fourth-order valence-electron chi connectivity index (χ4n) is 5.71. The van der Waals surface area contributed by atoms with Crippen molar-refractivity contribution in [2.45, 2.75) is 83.2 Å². The number of carbonyl (C=O) groups is 4. The van der Waals surface area contributed by atoms with Crippen molar-refractivity contribution in [3.63, 3.8) is 0 Å². The maximum Gasteiger partial charge on any atom is 0.332 e. The quantitative estimate of drug-likeness (QED) is 0.473. The Labute approximate surface area is 222 Å². The van der Waals surface area contributed by atoms with Crippen LogP contribution in [-0.2, 0) is 14.4 Å². The van der Waals surface area contributed by atoms with E-state index >= 15 is 0 Å². The zero-order valence-electron chi connectivity index (χ0n) is 22.3. The number of imide groups is 1. The van der Waals surface area contributed by atoms with Gasteiger partial charge in [0.05, 0.1) is 6.42 Å². The van der Waals surface area contributed by atoms with Crippen LogP contribution in [0.5, 0.6) is 0 Å². The van der Waals surface area contributed by atoms with Gasteiger partial charge in [0.1, 0.15) is 17.4 Å². The van der Waals surface area contributed by atoms with Gasteiger partial charge in [0.25, 0.3) is 5.91 Å². The van der Waals surface area contributed by atoms with Gasteiger partial charge >= 0.3 is 6.03 Å². The SMILES string of the molecule is CC(C)c1cccc(C(C)C)c1NC(=O)C(CC(N)=O)N1C(=O)N(c2ccc(F)cc2)C2(CCCC2)C1=O. The van der Waals surface area contributed by atoms with Crippen molar-refractivity contribution in [2.24, 2.45) is 5.73 Å². The highest BCUT2D eigenvalue weighted by atomic mass is 19.1. The van der Waals surface area contributed by atoms with E-state index < -0.39 is 47.6 Å². The first-order valence-corrected chi connectivity index (χ1v) is 13.1. The predicted molar refractivity (Wildman–Crippen MR) is 143 cm³/mol. The van der Waals surface area contributed by atoms with Crippen molar-refractivity contribution in [3.05, 3.63) is 59.4 Å². The standard InChI is InChI=1S/C29H35FN4O4/c1-17(2)21-8-7-9-22(18(3)4)25(21)32-26(36)23(16-24(31)35)33-27(37)29(14-5-6-15-29)34(28(33)38)20-12-10-19(30)11-13-20/h7-13,17-18,23H,5-6,14-16H2,1-4H3,(H2,31,35)(H,32,36). The lowest BCUT2D eigenvalue weighted by Crippen LogP contribution is -2.51. The molecular formula is C29H35FN4O4. The molecule has 1 aliphatic carbocycles. The maximum atomic E-state index is 14.0. The Morgan fingerprint density at radius 3 is 2.03 bits per heavy atom. The number of carbonyl (C=O) groups excluding carboxylic acids is 4. The lowest BCUT2D eigenvalue weighted by molar-refractivity contribution is -0.137. The minimum Gasteiger partial charge on any atom is -0.370 e. The van der Waals surface area contributed by atoms with Crippen LogP contribution in [0, 0.1) is 5.82 Å². The van der Waals surface area contributed by atoms with Gasteiger partial charge in [-0.05, 0) is 60.1 Å². The van der Waals surface area contributed by atoms with Gasteiger partial charge in [-0.25, -0.2) is 14.1 Å². The third-order valence-electron chi connectivity index (χ3n) is 7.59. The lowest BCUT2D eigenvalue weighted by atomic mass is 9.92. The summed E-state index contributed by atoms with van der Waals surface area (Å²) < 4.78 is 13.7. The molecule has 0 bridgehead atoms. The van der Waals surface area contributed by atoms with Gasteiger partial charge in [-0.15, -0.1) is 0 Å². The summed E-state index contributed by atoms with van der Waals surface area (Å²) in [5, 5.41) is 2.95. The molecule has 1 unspecified atom stereocenters. The number of halogens is 1. The minimum absolute atomic E-state index is 0.0874. The number of nitrogens with two attached hydrogens (primary N) is 1. The van der Waals surface area contributed by atoms with Gasteiger partial charge in [0, 0.05) is 11.4 Å². The molecule has 2 aromatic carbocycles. The van der Waals surface area contributed by atoms with E-state index in [2.05, 4.69) is 5.32 Å². The lowest BCUT2D eigenvalue weighted by Gasteiger charge is -2.31. The third-order valence-corrected chi connectivity index (χ3v) is 7.59. The number of para-hydroxylation sites is 1. The van der Waals surface area contributed by atoms with E-state index in [-0.39, 0.29) is 11.8 Å². The average Bonchev–Trinajstić information content (AvgIpc) is 3.42. The number of hydrogen-bond donors (Lipinski definition) is 2. The topological polar surface area (TPSA) is 113 Å². The Hall–Kier alpha value is -3.75. The summed E-state index contributed by atoms with van der Waals surface area (Å²) in [4.78, 5) is 56.1. The molecule has 202 valence electrons. The zero-order valence-corrected chi connectivity index (χ0v) is 22.3. The van der Waals surface area contributed by atoms with Crippen LogP contribution in [0.4, 0.5) is 20.6 Å². The van der Waals surface area contributed by atoms with Crippen LogP contribution in [-0.4, -0.2) is 40.2 Å². The molecule has 1 atom stereocenters. The largest absolute Gasteiger partial charge is 0.370 e. The second-order valence-electron chi connectivity index (χ2n) is 10.8. The van der Waals surface area contributed by atoms with Crippen molar-refractivity contribution in [3.8, 4) is 0 Å². The van der Waals surface area contributed by atoms with Crippen LogP contribution >= 0.6 is 0 Å². The molecule has 1 aliphatic heterocycles. The average molecular weight is 523 g/mol. The Kier molecular flexibility index (Phi) is 7.58. The van der Waals surface area contributed by atoms with Gasteiger partial charge in [-0.2, -0.15) is 0 Å². The number of hydrogen-bond acceptors (Lipinski definition) is 4. The normalized spacial score (nSPS) is 17.7. The van der Waals surface area contributed by atoms with Crippen molar-refractivity contribution < 1.29 is 23.6 Å². The number of primary amides is 1. The molecule has 9 heteroatoms. The molecule has 1 heterocycles. The smallest absolute Gasteiger partial charge is 0.332 e.